The standard InChI is InChI=1S/C20H27ClN2O4/c1-16(24)9-10-20(26)23-12-5-11-22(13-14-23)19(25)8-4-15-27-18-7-3-2-6-17(18)21/h2-3,6-7H,4-5,8-15H2,1H3. The van der Waals surface area contributed by atoms with Crippen molar-refractivity contribution in [3.8, 4) is 5.75 Å². The second-order valence-corrected chi connectivity index (χ2v) is 7.11. The van der Waals surface area contributed by atoms with Crippen LogP contribution in [-0.2, 0) is 14.4 Å². The number of carbonyl (C=O) groups is 3. The smallest absolute Gasteiger partial charge is 0.223 e. The van der Waals surface area contributed by atoms with Crippen LogP contribution in [0.5, 0.6) is 5.75 Å². The highest BCUT2D eigenvalue weighted by atomic mass is 35.5. The molecule has 0 spiro atoms. The molecule has 0 radical (unpaired) electrons. The Labute approximate surface area is 165 Å². The van der Waals surface area contributed by atoms with Crippen molar-refractivity contribution < 1.29 is 19.1 Å². The van der Waals surface area contributed by atoms with Gasteiger partial charge in [0.2, 0.25) is 11.8 Å². The molecule has 1 aromatic rings. The van der Waals surface area contributed by atoms with E-state index in [-0.39, 0.29) is 30.4 Å². The molecule has 0 saturated carbocycles. The molecule has 0 atom stereocenters. The van der Waals surface area contributed by atoms with Crippen molar-refractivity contribution in [1.82, 2.24) is 9.80 Å². The van der Waals surface area contributed by atoms with Crippen molar-refractivity contribution in [2.24, 2.45) is 0 Å². The van der Waals surface area contributed by atoms with Gasteiger partial charge in [0.05, 0.1) is 11.6 Å². The lowest BCUT2D eigenvalue weighted by Gasteiger charge is -2.22. The molecule has 7 heteroatoms. The zero-order valence-corrected chi connectivity index (χ0v) is 16.5. The van der Waals surface area contributed by atoms with Gasteiger partial charge < -0.3 is 19.3 Å². The summed E-state index contributed by atoms with van der Waals surface area (Å²) in [7, 11) is 0. The van der Waals surface area contributed by atoms with Crippen molar-refractivity contribution in [2.75, 3.05) is 32.8 Å². The minimum atomic E-state index is -0.00682. The Balaban J connectivity index is 1.70. The normalized spacial score (nSPS) is 14.6. The van der Waals surface area contributed by atoms with Crippen LogP contribution in [0.2, 0.25) is 5.02 Å². The molecule has 1 aliphatic rings. The van der Waals surface area contributed by atoms with Crippen molar-refractivity contribution >= 4 is 29.2 Å². The van der Waals surface area contributed by atoms with Gasteiger partial charge in [0.1, 0.15) is 11.5 Å². The highest BCUT2D eigenvalue weighted by Gasteiger charge is 2.21. The van der Waals surface area contributed by atoms with Gasteiger partial charge >= 0.3 is 0 Å². The fourth-order valence-corrected chi connectivity index (χ4v) is 3.17. The average Bonchev–Trinajstić information content (AvgIpc) is 2.90. The molecule has 27 heavy (non-hydrogen) atoms. The first-order valence-corrected chi connectivity index (χ1v) is 9.77. The summed E-state index contributed by atoms with van der Waals surface area (Å²) in [5.74, 6) is 0.721. The van der Waals surface area contributed by atoms with Crippen molar-refractivity contribution in [2.45, 2.75) is 39.0 Å². The predicted molar refractivity (Wildman–Crippen MR) is 104 cm³/mol. The number of carbonyl (C=O) groups excluding carboxylic acids is 3. The number of hydrogen-bond donors (Lipinski definition) is 0. The van der Waals surface area contributed by atoms with E-state index in [4.69, 9.17) is 16.3 Å². The summed E-state index contributed by atoms with van der Waals surface area (Å²) in [5.41, 5.74) is 0. The van der Waals surface area contributed by atoms with Gasteiger partial charge in [-0.05, 0) is 31.9 Å². The van der Waals surface area contributed by atoms with Gasteiger partial charge in [0, 0.05) is 45.4 Å². The molecule has 1 aliphatic heterocycles. The number of ether oxygens (including phenoxy) is 1. The first kappa shape index (κ1) is 21.2. The third-order valence-electron chi connectivity index (χ3n) is 4.52. The minimum absolute atomic E-state index is 0.00682. The number of hydrogen-bond acceptors (Lipinski definition) is 4. The maximum Gasteiger partial charge on any atom is 0.223 e. The van der Waals surface area contributed by atoms with Crippen LogP contribution in [0.4, 0.5) is 0 Å². The molecule has 6 nitrogen and oxygen atoms in total. The Morgan fingerprint density at radius 2 is 1.59 bits per heavy atom. The molecular weight excluding hydrogens is 368 g/mol. The van der Waals surface area contributed by atoms with E-state index in [1.807, 2.05) is 17.0 Å². The molecular formula is C20H27ClN2O4. The topological polar surface area (TPSA) is 66.9 Å². The van der Waals surface area contributed by atoms with Crippen LogP contribution in [0.25, 0.3) is 0 Å². The van der Waals surface area contributed by atoms with E-state index >= 15 is 0 Å². The van der Waals surface area contributed by atoms with E-state index in [0.717, 1.165) is 6.42 Å². The summed E-state index contributed by atoms with van der Waals surface area (Å²) < 4.78 is 5.61. The fourth-order valence-electron chi connectivity index (χ4n) is 2.98. The molecule has 1 fully saturated rings. The van der Waals surface area contributed by atoms with Gasteiger partial charge in [-0.15, -0.1) is 0 Å². The molecule has 0 aliphatic carbocycles. The second-order valence-electron chi connectivity index (χ2n) is 6.70. The summed E-state index contributed by atoms with van der Waals surface area (Å²) in [4.78, 5) is 39.2. The molecule has 1 saturated heterocycles. The number of rotatable bonds is 8. The van der Waals surface area contributed by atoms with Crippen LogP contribution < -0.4 is 4.74 Å². The third kappa shape index (κ3) is 7.21. The summed E-state index contributed by atoms with van der Waals surface area (Å²) in [6, 6.07) is 7.26. The first-order chi connectivity index (χ1) is 13.0. The SMILES string of the molecule is CC(=O)CCC(=O)N1CCCN(C(=O)CCCOc2ccccc2Cl)CC1. The minimum Gasteiger partial charge on any atom is -0.492 e. The predicted octanol–water partition coefficient (Wildman–Crippen LogP) is 2.93. The summed E-state index contributed by atoms with van der Waals surface area (Å²) in [5, 5.41) is 0.561. The van der Waals surface area contributed by atoms with Crippen molar-refractivity contribution in [3.63, 3.8) is 0 Å². The van der Waals surface area contributed by atoms with Gasteiger partial charge in [-0.1, -0.05) is 23.7 Å². The fraction of sp³-hybridized carbons (Fsp3) is 0.550. The summed E-state index contributed by atoms with van der Waals surface area (Å²) >= 11 is 6.03. The lowest BCUT2D eigenvalue weighted by molar-refractivity contribution is -0.134. The quantitative estimate of drug-likeness (QED) is 0.636. The number of halogens is 1. The highest BCUT2D eigenvalue weighted by Crippen LogP contribution is 2.23. The van der Waals surface area contributed by atoms with Gasteiger partial charge in [0.25, 0.3) is 0 Å². The maximum absolute atomic E-state index is 12.4. The van der Waals surface area contributed by atoms with Crippen LogP contribution >= 0.6 is 11.6 Å². The Bertz CT molecular complexity index is 665. The molecule has 0 aromatic heterocycles. The Kier molecular flexibility index (Phi) is 8.58. The van der Waals surface area contributed by atoms with E-state index in [0.29, 0.717) is 56.4 Å². The van der Waals surface area contributed by atoms with Crippen LogP contribution in [0, 0.1) is 0 Å². The molecule has 0 unspecified atom stereocenters. The summed E-state index contributed by atoms with van der Waals surface area (Å²) in [6.45, 7) is 4.27. The Morgan fingerprint density at radius 1 is 0.963 bits per heavy atom. The van der Waals surface area contributed by atoms with E-state index in [2.05, 4.69) is 0 Å². The van der Waals surface area contributed by atoms with E-state index in [1.54, 1.807) is 17.0 Å². The van der Waals surface area contributed by atoms with Crippen LogP contribution in [0.15, 0.2) is 24.3 Å². The van der Waals surface area contributed by atoms with E-state index < -0.39 is 0 Å². The molecule has 148 valence electrons. The molecule has 1 heterocycles. The molecule has 1 aromatic carbocycles. The van der Waals surface area contributed by atoms with Gasteiger partial charge in [-0.25, -0.2) is 0 Å². The van der Waals surface area contributed by atoms with Crippen LogP contribution in [-0.4, -0.2) is 60.2 Å². The van der Waals surface area contributed by atoms with E-state index in [1.165, 1.54) is 6.92 Å². The zero-order valence-electron chi connectivity index (χ0n) is 15.8. The number of amides is 2. The van der Waals surface area contributed by atoms with Gasteiger partial charge in [0.15, 0.2) is 0 Å². The number of para-hydroxylation sites is 1. The molecule has 0 bridgehead atoms. The molecule has 0 N–H and O–H groups in total. The zero-order chi connectivity index (χ0) is 19.6. The largest absolute Gasteiger partial charge is 0.492 e. The number of ketones is 1. The number of Topliss-reactive ketones (excluding diaryl/α,β-unsaturated/α-hetero) is 1. The number of benzene rings is 1. The van der Waals surface area contributed by atoms with Crippen molar-refractivity contribution in [3.05, 3.63) is 29.3 Å². The van der Waals surface area contributed by atoms with Gasteiger partial charge in [-0.2, -0.15) is 0 Å². The second kappa shape index (κ2) is 10.9. The van der Waals surface area contributed by atoms with Crippen LogP contribution in [0.3, 0.4) is 0 Å². The van der Waals surface area contributed by atoms with Crippen molar-refractivity contribution in [1.29, 1.82) is 0 Å². The molecule has 2 amide bonds. The van der Waals surface area contributed by atoms with E-state index in [9.17, 15) is 14.4 Å². The molecule has 2 rings (SSSR count). The average molecular weight is 395 g/mol. The van der Waals surface area contributed by atoms with Gasteiger partial charge in [-0.3, -0.25) is 9.59 Å². The van der Waals surface area contributed by atoms with Crippen LogP contribution in [0.1, 0.15) is 39.0 Å². The number of nitrogens with zero attached hydrogens (tertiary/aromatic N) is 2. The first-order valence-electron chi connectivity index (χ1n) is 9.39. The summed E-state index contributed by atoms with van der Waals surface area (Å²) in [6.07, 6.45) is 2.31. The lowest BCUT2D eigenvalue weighted by atomic mass is 10.2. The lowest BCUT2D eigenvalue weighted by Crippen LogP contribution is -2.37. The monoisotopic (exact) mass is 394 g/mol. The Hall–Kier alpha value is -2.08. The highest BCUT2D eigenvalue weighted by molar-refractivity contribution is 6.32. The Morgan fingerprint density at radius 3 is 2.22 bits per heavy atom. The third-order valence-corrected chi connectivity index (χ3v) is 4.83. The maximum atomic E-state index is 12.4.